The van der Waals surface area contributed by atoms with Crippen molar-refractivity contribution < 1.29 is 14.7 Å². The van der Waals surface area contributed by atoms with Crippen LogP contribution in [0.5, 0.6) is 0 Å². The summed E-state index contributed by atoms with van der Waals surface area (Å²) in [6.45, 7) is 4.22. The number of aromatic nitrogens is 2. The summed E-state index contributed by atoms with van der Waals surface area (Å²) in [5.74, 6) is -0.985. The highest BCUT2D eigenvalue weighted by molar-refractivity contribution is 7.07. The molecule has 0 radical (unpaired) electrons. The van der Waals surface area contributed by atoms with Crippen molar-refractivity contribution in [1.29, 1.82) is 0 Å². The minimum absolute atomic E-state index is 0.0263. The zero-order chi connectivity index (χ0) is 12.8. The lowest BCUT2D eigenvalue weighted by Gasteiger charge is -2.25. The molecule has 0 aliphatic carbocycles. The summed E-state index contributed by atoms with van der Waals surface area (Å²) < 4.78 is 3.64. The van der Waals surface area contributed by atoms with E-state index in [9.17, 15) is 9.59 Å². The largest absolute Gasteiger partial charge is 0.481 e. The fraction of sp³-hybridized carbons (Fsp3) is 0.600. The number of amides is 1. The third-order valence-corrected chi connectivity index (χ3v) is 2.90. The van der Waals surface area contributed by atoms with Crippen molar-refractivity contribution in [2.75, 3.05) is 6.54 Å². The Bertz CT molecular complexity index is 378. The second-order valence-electron chi connectivity index (χ2n) is 3.87. The first-order chi connectivity index (χ1) is 8.02. The molecule has 1 aromatic rings. The van der Waals surface area contributed by atoms with Crippen molar-refractivity contribution in [3.63, 3.8) is 0 Å². The van der Waals surface area contributed by atoms with Crippen LogP contribution < -0.4 is 0 Å². The number of hydrogen-bond donors (Lipinski definition) is 1. The van der Waals surface area contributed by atoms with Crippen molar-refractivity contribution in [1.82, 2.24) is 14.5 Å². The van der Waals surface area contributed by atoms with Gasteiger partial charge in [-0.3, -0.25) is 9.59 Å². The third kappa shape index (κ3) is 4.10. The lowest BCUT2D eigenvalue weighted by molar-refractivity contribution is -0.137. The molecule has 1 amide bonds. The molecule has 94 valence electrons. The highest BCUT2D eigenvalue weighted by Crippen LogP contribution is 2.11. The van der Waals surface area contributed by atoms with Gasteiger partial charge in [0.1, 0.15) is 4.88 Å². The lowest BCUT2D eigenvalue weighted by atomic mass is 10.2. The summed E-state index contributed by atoms with van der Waals surface area (Å²) in [7, 11) is 0. The van der Waals surface area contributed by atoms with Crippen LogP contribution >= 0.6 is 11.5 Å². The van der Waals surface area contributed by atoms with E-state index in [0.29, 0.717) is 17.8 Å². The quantitative estimate of drug-likeness (QED) is 0.829. The minimum Gasteiger partial charge on any atom is -0.481 e. The van der Waals surface area contributed by atoms with Crippen LogP contribution in [-0.2, 0) is 4.79 Å². The van der Waals surface area contributed by atoms with Gasteiger partial charge in [0, 0.05) is 19.0 Å². The summed E-state index contributed by atoms with van der Waals surface area (Å²) in [4.78, 5) is 24.6. The summed E-state index contributed by atoms with van der Waals surface area (Å²) >= 11 is 1.05. The minimum atomic E-state index is -0.847. The average Bonchev–Trinajstić information content (AvgIpc) is 2.75. The number of carboxylic acids is 1. The van der Waals surface area contributed by atoms with Gasteiger partial charge in [0.2, 0.25) is 0 Å². The van der Waals surface area contributed by atoms with Crippen LogP contribution in [0.15, 0.2) is 6.20 Å². The average molecular weight is 257 g/mol. The molecule has 0 spiro atoms. The Morgan fingerprint density at radius 1 is 1.53 bits per heavy atom. The van der Waals surface area contributed by atoms with Crippen LogP contribution in [0.2, 0.25) is 0 Å². The topological polar surface area (TPSA) is 83.4 Å². The van der Waals surface area contributed by atoms with Crippen LogP contribution in [0, 0.1) is 0 Å². The first-order valence-corrected chi connectivity index (χ1v) is 6.10. The summed E-state index contributed by atoms with van der Waals surface area (Å²) in [5, 5.41) is 12.2. The molecule has 1 aromatic heterocycles. The number of hydrogen-bond acceptors (Lipinski definition) is 5. The SMILES string of the molecule is CC(C)N(CCCC(=O)O)C(=O)c1cnns1. The molecular weight excluding hydrogens is 242 g/mol. The molecule has 1 heterocycles. The van der Waals surface area contributed by atoms with E-state index < -0.39 is 5.97 Å². The Kier molecular flexibility index (Phi) is 5.02. The summed E-state index contributed by atoms with van der Waals surface area (Å²) in [6.07, 6.45) is 1.95. The fourth-order valence-electron chi connectivity index (χ4n) is 1.40. The molecule has 0 saturated heterocycles. The highest BCUT2D eigenvalue weighted by Gasteiger charge is 2.20. The van der Waals surface area contributed by atoms with Gasteiger partial charge in [-0.1, -0.05) is 4.49 Å². The Morgan fingerprint density at radius 2 is 2.24 bits per heavy atom. The van der Waals surface area contributed by atoms with Gasteiger partial charge >= 0.3 is 5.97 Å². The van der Waals surface area contributed by atoms with Crippen LogP contribution in [0.3, 0.4) is 0 Å². The van der Waals surface area contributed by atoms with Crippen LogP contribution in [0.1, 0.15) is 36.4 Å². The molecular formula is C10H15N3O3S. The molecule has 0 saturated carbocycles. The van der Waals surface area contributed by atoms with Crippen molar-refractivity contribution in [3.8, 4) is 0 Å². The van der Waals surface area contributed by atoms with E-state index >= 15 is 0 Å². The lowest BCUT2D eigenvalue weighted by Crippen LogP contribution is -2.37. The Morgan fingerprint density at radius 3 is 2.71 bits per heavy atom. The molecule has 1 N–H and O–H groups in total. The van der Waals surface area contributed by atoms with Crippen molar-refractivity contribution in [2.24, 2.45) is 0 Å². The highest BCUT2D eigenvalue weighted by atomic mass is 32.1. The van der Waals surface area contributed by atoms with Crippen LogP contribution in [0.4, 0.5) is 0 Å². The smallest absolute Gasteiger partial charge is 0.303 e. The third-order valence-electron chi connectivity index (χ3n) is 2.25. The second-order valence-corrected chi connectivity index (χ2v) is 4.66. The predicted molar refractivity (Wildman–Crippen MR) is 63.0 cm³/mol. The van der Waals surface area contributed by atoms with Crippen LogP contribution in [-0.4, -0.2) is 44.1 Å². The van der Waals surface area contributed by atoms with E-state index in [4.69, 9.17) is 5.11 Å². The van der Waals surface area contributed by atoms with Gasteiger partial charge in [0.25, 0.3) is 5.91 Å². The number of carbonyl (C=O) groups excluding carboxylic acids is 1. The summed E-state index contributed by atoms with van der Waals surface area (Å²) in [6, 6.07) is 0.0263. The fourth-order valence-corrected chi connectivity index (χ4v) is 1.87. The van der Waals surface area contributed by atoms with E-state index in [2.05, 4.69) is 9.59 Å². The molecule has 7 heteroatoms. The van der Waals surface area contributed by atoms with E-state index in [1.807, 2.05) is 13.8 Å². The number of rotatable bonds is 6. The van der Waals surface area contributed by atoms with E-state index in [1.54, 1.807) is 4.90 Å². The maximum Gasteiger partial charge on any atom is 0.303 e. The first-order valence-electron chi connectivity index (χ1n) is 5.32. The molecule has 0 bridgehead atoms. The Hall–Kier alpha value is -1.50. The normalized spacial score (nSPS) is 10.5. The maximum atomic E-state index is 12.0. The van der Waals surface area contributed by atoms with Gasteiger partial charge in [-0.05, 0) is 31.8 Å². The van der Waals surface area contributed by atoms with E-state index in [0.717, 1.165) is 11.5 Å². The Balaban J connectivity index is 2.60. The van der Waals surface area contributed by atoms with Crippen molar-refractivity contribution in [2.45, 2.75) is 32.7 Å². The number of nitrogens with zero attached hydrogens (tertiary/aromatic N) is 3. The number of carbonyl (C=O) groups is 2. The molecule has 0 aromatic carbocycles. The van der Waals surface area contributed by atoms with Gasteiger partial charge < -0.3 is 10.0 Å². The maximum absolute atomic E-state index is 12.0. The van der Waals surface area contributed by atoms with Gasteiger partial charge in [-0.25, -0.2) is 0 Å². The van der Waals surface area contributed by atoms with Gasteiger partial charge in [-0.2, -0.15) is 0 Å². The molecule has 6 nitrogen and oxygen atoms in total. The van der Waals surface area contributed by atoms with E-state index in [1.165, 1.54) is 6.20 Å². The van der Waals surface area contributed by atoms with Crippen molar-refractivity contribution >= 4 is 23.4 Å². The monoisotopic (exact) mass is 257 g/mol. The van der Waals surface area contributed by atoms with Crippen molar-refractivity contribution in [3.05, 3.63) is 11.1 Å². The van der Waals surface area contributed by atoms with Gasteiger partial charge in [0.05, 0.1) is 6.20 Å². The number of aliphatic carboxylic acids is 1. The zero-order valence-corrected chi connectivity index (χ0v) is 10.6. The molecule has 0 atom stereocenters. The van der Waals surface area contributed by atoms with Gasteiger partial charge in [-0.15, -0.1) is 5.10 Å². The second kappa shape index (κ2) is 6.29. The predicted octanol–water partition coefficient (Wildman–Crippen LogP) is 1.25. The number of carboxylic acid groups (broad SMARTS) is 1. The zero-order valence-electron chi connectivity index (χ0n) is 9.79. The molecule has 0 aliphatic rings. The molecule has 17 heavy (non-hydrogen) atoms. The first kappa shape index (κ1) is 13.6. The van der Waals surface area contributed by atoms with Gasteiger partial charge in [0.15, 0.2) is 0 Å². The van der Waals surface area contributed by atoms with E-state index in [-0.39, 0.29) is 18.4 Å². The summed E-state index contributed by atoms with van der Waals surface area (Å²) in [5.41, 5.74) is 0. The standard InChI is InChI=1S/C10H15N3O3S/c1-7(2)13(5-3-4-9(14)15)10(16)8-6-11-12-17-8/h6-7H,3-5H2,1-2H3,(H,14,15). The van der Waals surface area contributed by atoms with Crippen LogP contribution in [0.25, 0.3) is 0 Å². The molecule has 1 rings (SSSR count). The molecule has 0 aliphatic heterocycles. The molecule has 0 fully saturated rings. The Labute approximate surface area is 103 Å². The molecule has 0 unspecified atom stereocenters.